The van der Waals surface area contributed by atoms with Gasteiger partial charge in [-0.3, -0.25) is 4.79 Å². The number of nitrogens with zero attached hydrogens (tertiary/aromatic N) is 3. The number of fused-ring (bicyclic) bond motifs is 3. The van der Waals surface area contributed by atoms with Crippen molar-refractivity contribution in [2.24, 2.45) is 5.92 Å². The van der Waals surface area contributed by atoms with Crippen LogP contribution in [0.4, 0.5) is 11.4 Å². The first-order valence-corrected chi connectivity index (χ1v) is 10.9. The predicted molar refractivity (Wildman–Crippen MR) is 117 cm³/mol. The fraction of sp³-hybridized carbons (Fsp3) is 0.391. The smallest absolute Gasteiger partial charge is 0.227 e. The number of aromatic nitrogens is 2. The Morgan fingerprint density at radius 2 is 1.90 bits per heavy atom. The zero-order valence-electron chi connectivity index (χ0n) is 16.4. The number of rotatable bonds is 3. The van der Waals surface area contributed by atoms with E-state index in [1.807, 2.05) is 24.3 Å². The van der Waals surface area contributed by atoms with Crippen LogP contribution in [0.2, 0.25) is 5.02 Å². The molecule has 1 saturated carbocycles. The van der Waals surface area contributed by atoms with Gasteiger partial charge in [0.15, 0.2) is 0 Å². The van der Waals surface area contributed by atoms with E-state index in [4.69, 9.17) is 16.6 Å². The summed E-state index contributed by atoms with van der Waals surface area (Å²) in [5.41, 5.74) is 4.00. The van der Waals surface area contributed by atoms with E-state index in [0.29, 0.717) is 10.7 Å². The van der Waals surface area contributed by atoms with Crippen LogP contribution in [-0.2, 0) is 17.9 Å². The van der Waals surface area contributed by atoms with E-state index in [0.717, 1.165) is 62.3 Å². The number of hydrogen-bond acceptors (Lipinski definition) is 3. The molecule has 2 aromatic carbocycles. The Kier molecular flexibility index (Phi) is 4.92. The minimum atomic E-state index is 0.103. The van der Waals surface area contributed by atoms with Gasteiger partial charge in [-0.15, -0.1) is 0 Å². The molecule has 150 valence electrons. The summed E-state index contributed by atoms with van der Waals surface area (Å²) < 4.78 is 2.30. The number of hydrogen-bond donors (Lipinski definition) is 1. The van der Waals surface area contributed by atoms with Crippen molar-refractivity contribution in [3.8, 4) is 0 Å². The molecule has 5 nitrogen and oxygen atoms in total. The monoisotopic (exact) mass is 408 g/mol. The van der Waals surface area contributed by atoms with Crippen molar-refractivity contribution >= 4 is 39.9 Å². The Bertz CT molecular complexity index is 1050. The number of benzene rings is 2. The molecule has 3 aromatic rings. The molecule has 0 unspecified atom stereocenters. The van der Waals surface area contributed by atoms with E-state index in [9.17, 15) is 4.79 Å². The molecule has 2 aliphatic rings. The van der Waals surface area contributed by atoms with Crippen LogP contribution in [0, 0.1) is 5.92 Å². The molecule has 1 aliphatic heterocycles. The zero-order chi connectivity index (χ0) is 19.8. The number of amides is 1. The number of para-hydroxylation sites is 2. The van der Waals surface area contributed by atoms with Crippen molar-refractivity contribution in [2.75, 3.05) is 16.8 Å². The van der Waals surface area contributed by atoms with Gasteiger partial charge in [0.05, 0.1) is 28.3 Å². The van der Waals surface area contributed by atoms with Crippen molar-refractivity contribution in [3.05, 3.63) is 53.3 Å². The predicted octanol–water partition coefficient (Wildman–Crippen LogP) is 5.23. The molecule has 0 bridgehead atoms. The lowest BCUT2D eigenvalue weighted by Crippen LogP contribution is -2.33. The van der Waals surface area contributed by atoms with Crippen molar-refractivity contribution in [1.29, 1.82) is 0 Å². The maximum atomic E-state index is 12.5. The van der Waals surface area contributed by atoms with Gasteiger partial charge in [-0.25, -0.2) is 4.98 Å². The van der Waals surface area contributed by atoms with Gasteiger partial charge in [0.2, 0.25) is 5.91 Å². The molecule has 0 saturated heterocycles. The SMILES string of the molecule is O=C(Nc1ccc(N2CCn3c(nc4ccccc43)C2)cc1Cl)C1CCCCC1. The Morgan fingerprint density at radius 3 is 2.72 bits per heavy atom. The number of carbonyl (C=O) groups excluding carboxylic acids is 1. The summed E-state index contributed by atoms with van der Waals surface area (Å²) in [5, 5.41) is 3.63. The first-order valence-electron chi connectivity index (χ1n) is 10.5. The van der Waals surface area contributed by atoms with Gasteiger partial charge in [-0.2, -0.15) is 0 Å². The summed E-state index contributed by atoms with van der Waals surface area (Å²) in [4.78, 5) is 19.6. The van der Waals surface area contributed by atoms with Gasteiger partial charge in [0.25, 0.3) is 0 Å². The number of anilines is 2. The average molecular weight is 409 g/mol. The molecule has 1 N–H and O–H groups in total. The summed E-state index contributed by atoms with van der Waals surface area (Å²) in [7, 11) is 0. The Labute approximate surface area is 175 Å². The van der Waals surface area contributed by atoms with E-state index in [2.05, 4.69) is 33.0 Å². The van der Waals surface area contributed by atoms with Gasteiger partial charge in [-0.1, -0.05) is 43.0 Å². The molecule has 1 fully saturated rings. The number of halogens is 1. The second-order valence-electron chi connectivity index (χ2n) is 8.08. The van der Waals surface area contributed by atoms with E-state index >= 15 is 0 Å². The van der Waals surface area contributed by atoms with Gasteiger partial charge < -0.3 is 14.8 Å². The van der Waals surface area contributed by atoms with Crippen LogP contribution < -0.4 is 10.2 Å². The molecular formula is C23H25ClN4O. The van der Waals surface area contributed by atoms with Crippen LogP contribution in [0.15, 0.2) is 42.5 Å². The second-order valence-corrected chi connectivity index (χ2v) is 8.49. The molecule has 1 aliphatic carbocycles. The Hall–Kier alpha value is -2.53. The average Bonchev–Trinajstić information content (AvgIpc) is 3.13. The van der Waals surface area contributed by atoms with Crippen molar-refractivity contribution in [3.63, 3.8) is 0 Å². The highest BCUT2D eigenvalue weighted by atomic mass is 35.5. The third-order valence-electron chi connectivity index (χ3n) is 6.21. The van der Waals surface area contributed by atoms with Crippen LogP contribution in [-0.4, -0.2) is 22.0 Å². The van der Waals surface area contributed by atoms with Crippen LogP contribution in [0.3, 0.4) is 0 Å². The summed E-state index contributed by atoms with van der Waals surface area (Å²) in [6.45, 7) is 2.55. The minimum absolute atomic E-state index is 0.103. The van der Waals surface area contributed by atoms with E-state index in [-0.39, 0.29) is 11.8 Å². The maximum Gasteiger partial charge on any atom is 0.227 e. The molecule has 0 radical (unpaired) electrons. The largest absolute Gasteiger partial charge is 0.362 e. The minimum Gasteiger partial charge on any atom is -0.362 e. The summed E-state index contributed by atoms with van der Waals surface area (Å²) in [6, 6.07) is 14.2. The van der Waals surface area contributed by atoms with E-state index in [1.165, 1.54) is 11.9 Å². The number of nitrogens with one attached hydrogen (secondary N) is 1. The van der Waals surface area contributed by atoms with Gasteiger partial charge in [0.1, 0.15) is 5.82 Å². The fourth-order valence-corrected chi connectivity index (χ4v) is 4.81. The molecule has 6 heteroatoms. The maximum absolute atomic E-state index is 12.5. The van der Waals surface area contributed by atoms with Crippen molar-refractivity contribution in [2.45, 2.75) is 45.2 Å². The molecule has 1 amide bonds. The fourth-order valence-electron chi connectivity index (χ4n) is 4.59. The first kappa shape index (κ1) is 18.5. The highest BCUT2D eigenvalue weighted by Crippen LogP contribution is 2.32. The highest BCUT2D eigenvalue weighted by Gasteiger charge is 2.23. The molecule has 2 heterocycles. The van der Waals surface area contributed by atoms with Crippen LogP contribution in [0.25, 0.3) is 11.0 Å². The van der Waals surface area contributed by atoms with E-state index < -0.39 is 0 Å². The molecular weight excluding hydrogens is 384 g/mol. The molecule has 1 aromatic heterocycles. The van der Waals surface area contributed by atoms with Gasteiger partial charge in [0, 0.05) is 24.7 Å². The highest BCUT2D eigenvalue weighted by molar-refractivity contribution is 6.34. The second kappa shape index (κ2) is 7.71. The zero-order valence-corrected chi connectivity index (χ0v) is 17.2. The lowest BCUT2D eigenvalue weighted by atomic mass is 9.88. The van der Waals surface area contributed by atoms with Crippen LogP contribution >= 0.6 is 11.6 Å². The van der Waals surface area contributed by atoms with E-state index in [1.54, 1.807) is 0 Å². The molecule has 0 atom stereocenters. The molecule has 0 spiro atoms. The Morgan fingerprint density at radius 1 is 1.07 bits per heavy atom. The van der Waals surface area contributed by atoms with Crippen molar-refractivity contribution in [1.82, 2.24) is 9.55 Å². The third-order valence-corrected chi connectivity index (χ3v) is 6.52. The molecule has 29 heavy (non-hydrogen) atoms. The van der Waals surface area contributed by atoms with Crippen LogP contribution in [0.5, 0.6) is 0 Å². The summed E-state index contributed by atoms with van der Waals surface area (Å²) in [6.07, 6.45) is 5.49. The lowest BCUT2D eigenvalue weighted by molar-refractivity contribution is -0.120. The third kappa shape index (κ3) is 3.60. The normalized spacial score (nSPS) is 17.3. The van der Waals surface area contributed by atoms with Crippen LogP contribution in [0.1, 0.15) is 37.9 Å². The first-order chi connectivity index (χ1) is 14.2. The summed E-state index contributed by atoms with van der Waals surface area (Å²) >= 11 is 6.53. The Balaban J connectivity index is 1.32. The lowest BCUT2D eigenvalue weighted by Gasteiger charge is -2.30. The van der Waals surface area contributed by atoms with Crippen molar-refractivity contribution < 1.29 is 4.79 Å². The van der Waals surface area contributed by atoms with Gasteiger partial charge >= 0.3 is 0 Å². The quantitative estimate of drug-likeness (QED) is 0.645. The number of carbonyl (C=O) groups is 1. The standard InChI is InChI=1S/C23H25ClN4O/c24-18-14-17(10-11-19(18)26-23(29)16-6-2-1-3-7-16)27-12-13-28-21-9-5-4-8-20(21)25-22(28)15-27/h4-5,8-11,14,16H,1-3,6-7,12-13,15H2,(H,26,29). The topological polar surface area (TPSA) is 50.2 Å². The molecule has 5 rings (SSSR count). The van der Waals surface area contributed by atoms with Gasteiger partial charge in [-0.05, 0) is 43.2 Å². The summed E-state index contributed by atoms with van der Waals surface area (Å²) in [5.74, 6) is 1.30. The number of imidazole rings is 1.